The molecule has 0 saturated heterocycles. The highest BCUT2D eigenvalue weighted by Gasteiger charge is 2.01. The summed E-state index contributed by atoms with van der Waals surface area (Å²) in [6.45, 7) is 0. The summed E-state index contributed by atoms with van der Waals surface area (Å²) in [6, 6.07) is 18.2. The number of thiazole rings is 1. The third-order valence-electron chi connectivity index (χ3n) is 3.11. The third kappa shape index (κ3) is 3.38. The molecule has 0 amide bonds. The van der Waals surface area contributed by atoms with Gasteiger partial charge in [-0.1, -0.05) is 48.5 Å². The minimum atomic E-state index is 0.868. The number of hydrogen-bond donors (Lipinski definition) is 0. The summed E-state index contributed by atoms with van der Waals surface area (Å²) in [4.78, 5) is 4.64. The van der Waals surface area contributed by atoms with E-state index in [4.69, 9.17) is 4.74 Å². The second kappa shape index (κ2) is 6.37. The fraction of sp³-hybridized carbons (Fsp3) is 0.0556. The second-order valence-corrected chi connectivity index (χ2v) is 5.41. The Bertz CT molecular complexity index is 729. The molecule has 0 aliphatic rings. The molecule has 0 N–H and O–H groups in total. The lowest BCUT2D eigenvalue weighted by Gasteiger charge is -1.98. The molecule has 21 heavy (non-hydrogen) atoms. The van der Waals surface area contributed by atoms with Gasteiger partial charge >= 0.3 is 0 Å². The zero-order valence-electron chi connectivity index (χ0n) is 11.7. The number of aromatic nitrogens is 1. The van der Waals surface area contributed by atoms with Crippen LogP contribution in [-0.4, -0.2) is 12.1 Å². The van der Waals surface area contributed by atoms with E-state index in [9.17, 15) is 0 Å². The summed E-state index contributed by atoms with van der Waals surface area (Å²) in [6.07, 6.45) is 4.09. The molecule has 0 spiro atoms. The highest BCUT2D eigenvalue weighted by molar-refractivity contribution is 7.13. The van der Waals surface area contributed by atoms with Gasteiger partial charge in [0.15, 0.2) is 0 Å². The van der Waals surface area contributed by atoms with Gasteiger partial charge in [-0.05, 0) is 23.8 Å². The second-order valence-electron chi connectivity index (χ2n) is 4.55. The van der Waals surface area contributed by atoms with Gasteiger partial charge in [0.1, 0.15) is 10.8 Å². The van der Waals surface area contributed by atoms with Gasteiger partial charge in [0.25, 0.3) is 0 Å². The maximum atomic E-state index is 5.15. The zero-order valence-corrected chi connectivity index (χ0v) is 12.5. The molecule has 1 aromatic heterocycles. The molecule has 104 valence electrons. The normalized spacial score (nSPS) is 10.9. The summed E-state index contributed by atoms with van der Waals surface area (Å²) in [5, 5.41) is 3.12. The maximum absolute atomic E-state index is 5.15. The maximum Gasteiger partial charge on any atom is 0.124 e. The minimum Gasteiger partial charge on any atom is -0.497 e. The minimum absolute atomic E-state index is 0.868. The fourth-order valence-electron chi connectivity index (χ4n) is 1.97. The lowest BCUT2D eigenvalue weighted by atomic mass is 10.2. The van der Waals surface area contributed by atoms with Crippen molar-refractivity contribution in [2.75, 3.05) is 7.11 Å². The number of nitrogens with zero attached hydrogens (tertiary/aromatic N) is 1. The molecule has 3 heteroatoms. The molecule has 0 aliphatic carbocycles. The van der Waals surface area contributed by atoms with Crippen molar-refractivity contribution in [1.29, 1.82) is 0 Å². The molecule has 0 saturated carbocycles. The van der Waals surface area contributed by atoms with Crippen LogP contribution in [0, 0.1) is 0 Å². The van der Waals surface area contributed by atoms with Crippen molar-refractivity contribution in [3.05, 3.63) is 71.2 Å². The van der Waals surface area contributed by atoms with Crippen molar-refractivity contribution in [2.45, 2.75) is 0 Å². The van der Waals surface area contributed by atoms with Crippen LogP contribution in [0.4, 0.5) is 0 Å². The number of ether oxygens (including phenoxy) is 1. The van der Waals surface area contributed by atoms with Crippen molar-refractivity contribution in [3.63, 3.8) is 0 Å². The van der Waals surface area contributed by atoms with Gasteiger partial charge in [0.05, 0.1) is 12.8 Å². The summed E-state index contributed by atoms with van der Waals surface area (Å²) in [7, 11) is 1.67. The van der Waals surface area contributed by atoms with Crippen LogP contribution < -0.4 is 4.74 Å². The molecule has 2 aromatic carbocycles. The summed E-state index contributed by atoms with van der Waals surface area (Å²) in [5.41, 5.74) is 3.27. The van der Waals surface area contributed by atoms with E-state index in [1.807, 2.05) is 48.5 Å². The van der Waals surface area contributed by atoms with Gasteiger partial charge in [-0.25, -0.2) is 4.98 Å². The van der Waals surface area contributed by atoms with Crippen molar-refractivity contribution in [2.24, 2.45) is 0 Å². The molecule has 3 rings (SSSR count). The Morgan fingerprint density at radius 1 is 0.952 bits per heavy atom. The third-order valence-corrected chi connectivity index (χ3v) is 4.01. The van der Waals surface area contributed by atoms with Gasteiger partial charge in [0, 0.05) is 10.9 Å². The Labute approximate surface area is 128 Å². The van der Waals surface area contributed by atoms with E-state index < -0.39 is 0 Å². The standard InChI is InChI=1S/C18H15NOS/c1-20-17-11-8-14(9-12-17)7-10-16-13-21-18(19-16)15-5-3-2-4-6-15/h2-13H,1H3/b10-7+. The van der Waals surface area contributed by atoms with E-state index in [0.29, 0.717) is 0 Å². The Morgan fingerprint density at radius 3 is 2.43 bits per heavy atom. The summed E-state index contributed by atoms with van der Waals surface area (Å²) in [5.74, 6) is 0.868. The highest BCUT2D eigenvalue weighted by atomic mass is 32.1. The van der Waals surface area contributed by atoms with Gasteiger partial charge in [-0.15, -0.1) is 11.3 Å². The van der Waals surface area contributed by atoms with Crippen LogP contribution in [0.5, 0.6) is 5.75 Å². The first-order chi connectivity index (χ1) is 10.3. The van der Waals surface area contributed by atoms with Crippen LogP contribution >= 0.6 is 11.3 Å². The van der Waals surface area contributed by atoms with Gasteiger partial charge in [-0.2, -0.15) is 0 Å². The lowest BCUT2D eigenvalue weighted by Crippen LogP contribution is -1.81. The average Bonchev–Trinajstić information content (AvgIpc) is 3.03. The first-order valence-electron chi connectivity index (χ1n) is 6.68. The average molecular weight is 293 g/mol. The SMILES string of the molecule is COc1ccc(/C=C/c2csc(-c3ccccc3)n2)cc1. The van der Waals surface area contributed by atoms with Crippen LogP contribution in [0.15, 0.2) is 60.0 Å². The first kappa shape index (κ1) is 13.6. The number of methoxy groups -OCH3 is 1. The van der Waals surface area contributed by atoms with Gasteiger partial charge in [0.2, 0.25) is 0 Å². The molecule has 2 nitrogen and oxygen atoms in total. The number of benzene rings is 2. The lowest BCUT2D eigenvalue weighted by molar-refractivity contribution is 0.415. The molecule has 0 fully saturated rings. The Balaban J connectivity index is 1.76. The van der Waals surface area contributed by atoms with Gasteiger partial charge < -0.3 is 4.74 Å². The van der Waals surface area contributed by atoms with Crippen molar-refractivity contribution >= 4 is 23.5 Å². The largest absolute Gasteiger partial charge is 0.497 e. The molecule has 0 aliphatic heterocycles. The Kier molecular flexibility index (Phi) is 4.12. The summed E-state index contributed by atoms with van der Waals surface area (Å²) < 4.78 is 5.15. The van der Waals surface area contributed by atoms with Crippen LogP contribution in [0.3, 0.4) is 0 Å². The van der Waals surface area contributed by atoms with E-state index in [1.165, 1.54) is 0 Å². The predicted molar refractivity (Wildman–Crippen MR) is 89.5 cm³/mol. The smallest absolute Gasteiger partial charge is 0.124 e. The van der Waals surface area contributed by atoms with Crippen LogP contribution in [0.25, 0.3) is 22.7 Å². The molecule has 0 bridgehead atoms. The molecular weight excluding hydrogens is 278 g/mol. The fourth-order valence-corrected chi connectivity index (χ4v) is 2.77. The van der Waals surface area contributed by atoms with Crippen LogP contribution in [-0.2, 0) is 0 Å². The van der Waals surface area contributed by atoms with Crippen molar-refractivity contribution < 1.29 is 4.74 Å². The summed E-state index contributed by atoms with van der Waals surface area (Å²) >= 11 is 1.66. The highest BCUT2D eigenvalue weighted by Crippen LogP contribution is 2.24. The van der Waals surface area contributed by atoms with Crippen molar-refractivity contribution in [1.82, 2.24) is 4.98 Å². The molecule has 1 heterocycles. The van der Waals surface area contributed by atoms with Crippen LogP contribution in [0.2, 0.25) is 0 Å². The quantitative estimate of drug-likeness (QED) is 0.676. The van der Waals surface area contributed by atoms with Gasteiger partial charge in [-0.3, -0.25) is 0 Å². The number of rotatable bonds is 4. The predicted octanol–water partition coefficient (Wildman–Crippen LogP) is 4.99. The topological polar surface area (TPSA) is 22.1 Å². The first-order valence-corrected chi connectivity index (χ1v) is 7.56. The van der Waals surface area contributed by atoms with E-state index in [0.717, 1.165) is 27.6 Å². The van der Waals surface area contributed by atoms with Crippen molar-refractivity contribution in [3.8, 4) is 16.3 Å². The molecule has 0 unspecified atom stereocenters. The molecular formula is C18H15NOS. The molecule has 0 radical (unpaired) electrons. The Hall–Kier alpha value is -2.39. The molecule has 0 atom stereocenters. The van der Waals surface area contributed by atoms with E-state index >= 15 is 0 Å². The molecule has 3 aromatic rings. The zero-order chi connectivity index (χ0) is 14.5. The monoisotopic (exact) mass is 293 g/mol. The Morgan fingerprint density at radius 2 is 1.71 bits per heavy atom. The van der Waals surface area contributed by atoms with E-state index in [-0.39, 0.29) is 0 Å². The van der Waals surface area contributed by atoms with E-state index in [1.54, 1.807) is 18.4 Å². The number of hydrogen-bond acceptors (Lipinski definition) is 3. The van der Waals surface area contributed by atoms with E-state index in [2.05, 4.69) is 28.6 Å². The van der Waals surface area contributed by atoms with Crippen LogP contribution in [0.1, 0.15) is 11.3 Å².